The fourth-order valence-corrected chi connectivity index (χ4v) is 1.90. The van der Waals surface area contributed by atoms with E-state index in [1.807, 2.05) is 0 Å². The summed E-state index contributed by atoms with van der Waals surface area (Å²) in [7, 11) is 1.18. The van der Waals surface area contributed by atoms with Crippen molar-refractivity contribution in [1.29, 1.82) is 5.26 Å². The fraction of sp³-hybridized carbons (Fsp3) is 0.545. The molecule has 1 N–H and O–H groups in total. The zero-order chi connectivity index (χ0) is 12.5. The van der Waals surface area contributed by atoms with Crippen LogP contribution < -0.4 is 0 Å². The van der Waals surface area contributed by atoms with Crippen molar-refractivity contribution in [2.45, 2.75) is 13.8 Å². The minimum absolute atomic E-state index is 0.135. The second kappa shape index (κ2) is 3.97. The SMILES string of the molecule is COC(=O)/C(C#N)=C/C1C(C(=O)O)C1(C)C. The Labute approximate surface area is 93.3 Å². The highest BCUT2D eigenvalue weighted by Crippen LogP contribution is 2.59. The summed E-state index contributed by atoms with van der Waals surface area (Å²) in [5.74, 6) is -2.47. The Morgan fingerprint density at radius 2 is 2.06 bits per heavy atom. The van der Waals surface area contributed by atoms with E-state index in [1.54, 1.807) is 19.9 Å². The van der Waals surface area contributed by atoms with Gasteiger partial charge in [-0.25, -0.2) is 4.79 Å². The molecule has 0 aromatic heterocycles. The van der Waals surface area contributed by atoms with Gasteiger partial charge in [0.05, 0.1) is 13.0 Å². The molecule has 0 aliphatic heterocycles. The Morgan fingerprint density at radius 3 is 2.38 bits per heavy atom. The quantitative estimate of drug-likeness (QED) is 0.437. The molecule has 1 rings (SSSR count). The topological polar surface area (TPSA) is 87.4 Å². The van der Waals surface area contributed by atoms with E-state index in [1.165, 1.54) is 13.2 Å². The van der Waals surface area contributed by atoms with Gasteiger partial charge in [-0.3, -0.25) is 4.79 Å². The predicted octanol–water partition coefficient (Wildman–Crippen LogP) is 0.966. The second-order valence-electron chi connectivity index (χ2n) is 4.35. The normalized spacial score (nSPS) is 26.8. The first-order valence-electron chi connectivity index (χ1n) is 4.79. The van der Waals surface area contributed by atoms with Crippen LogP contribution in [0.3, 0.4) is 0 Å². The molecule has 0 spiro atoms. The number of rotatable bonds is 3. The second-order valence-corrected chi connectivity index (χ2v) is 4.35. The van der Waals surface area contributed by atoms with Gasteiger partial charge in [-0.1, -0.05) is 19.9 Å². The van der Waals surface area contributed by atoms with Gasteiger partial charge in [0.1, 0.15) is 11.6 Å². The summed E-state index contributed by atoms with van der Waals surface area (Å²) in [5, 5.41) is 17.6. The van der Waals surface area contributed by atoms with Crippen molar-refractivity contribution in [1.82, 2.24) is 0 Å². The van der Waals surface area contributed by atoms with E-state index in [0.717, 1.165) is 0 Å². The molecule has 0 aromatic rings. The number of methoxy groups -OCH3 is 1. The molecule has 1 saturated carbocycles. The summed E-state index contributed by atoms with van der Waals surface area (Å²) < 4.78 is 4.42. The van der Waals surface area contributed by atoms with Crippen molar-refractivity contribution in [2.75, 3.05) is 7.11 Å². The lowest BCUT2D eigenvalue weighted by Gasteiger charge is -1.98. The van der Waals surface area contributed by atoms with Crippen molar-refractivity contribution in [3.8, 4) is 6.07 Å². The molecule has 1 fully saturated rings. The lowest BCUT2D eigenvalue weighted by atomic mass is 10.1. The highest BCUT2D eigenvalue weighted by molar-refractivity contribution is 5.93. The molecule has 16 heavy (non-hydrogen) atoms. The molecule has 2 unspecified atom stereocenters. The summed E-state index contributed by atoms with van der Waals surface area (Å²) >= 11 is 0. The maximum atomic E-state index is 11.1. The van der Waals surface area contributed by atoms with Crippen LogP contribution in [0.25, 0.3) is 0 Å². The number of hydrogen-bond donors (Lipinski definition) is 1. The molecular weight excluding hydrogens is 210 g/mol. The molecule has 0 aromatic carbocycles. The number of carbonyl (C=O) groups is 2. The average Bonchev–Trinajstić information content (AvgIpc) is 2.75. The van der Waals surface area contributed by atoms with Gasteiger partial charge in [-0.2, -0.15) is 5.26 Å². The van der Waals surface area contributed by atoms with Gasteiger partial charge >= 0.3 is 11.9 Å². The Kier molecular flexibility index (Phi) is 3.04. The van der Waals surface area contributed by atoms with Crippen LogP contribution in [-0.2, 0) is 14.3 Å². The minimum Gasteiger partial charge on any atom is -0.481 e. The number of carboxylic acids is 1. The molecule has 0 radical (unpaired) electrons. The van der Waals surface area contributed by atoms with Crippen LogP contribution in [0, 0.1) is 28.6 Å². The van der Waals surface area contributed by atoms with E-state index in [4.69, 9.17) is 10.4 Å². The molecule has 2 atom stereocenters. The minimum atomic E-state index is -0.909. The van der Waals surface area contributed by atoms with E-state index in [-0.39, 0.29) is 11.5 Å². The van der Waals surface area contributed by atoms with Gasteiger partial charge in [0, 0.05) is 0 Å². The standard InChI is InChI=1S/C11H13NO4/c1-11(2)7(8(11)9(13)14)4-6(5-12)10(15)16-3/h4,7-8H,1-3H3,(H,13,14)/b6-4+. The molecule has 86 valence electrons. The van der Waals surface area contributed by atoms with E-state index < -0.39 is 23.3 Å². The van der Waals surface area contributed by atoms with Crippen LogP contribution in [0.4, 0.5) is 0 Å². The van der Waals surface area contributed by atoms with Crippen LogP contribution in [0.5, 0.6) is 0 Å². The zero-order valence-electron chi connectivity index (χ0n) is 9.35. The number of allylic oxidation sites excluding steroid dienone is 1. The molecule has 5 nitrogen and oxygen atoms in total. The number of nitriles is 1. The van der Waals surface area contributed by atoms with Crippen LogP contribution in [-0.4, -0.2) is 24.2 Å². The summed E-state index contributed by atoms with van der Waals surface area (Å²) in [6.07, 6.45) is 1.39. The van der Waals surface area contributed by atoms with Gasteiger partial charge in [0.2, 0.25) is 0 Å². The number of carbonyl (C=O) groups excluding carboxylic acids is 1. The number of nitrogens with zero attached hydrogens (tertiary/aromatic N) is 1. The first-order valence-corrected chi connectivity index (χ1v) is 4.79. The lowest BCUT2D eigenvalue weighted by molar-refractivity contribution is -0.139. The Bertz CT molecular complexity index is 403. The molecule has 1 aliphatic rings. The van der Waals surface area contributed by atoms with Crippen molar-refractivity contribution >= 4 is 11.9 Å². The van der Waals surface area contributed by atoms with Crippen molar-refractivity contribution in [2.24, 2.45) is 17.3 Å². The fourth-order valence-electron chi connectivity index (χ4n) is 1.90. The number of aliphatic carboxylic acids is 1. The molecule has 0 bridgehead atoms. The first-order chi connectivity index (χ1) is 7.36. The summed E-state index contributed by atoms with van der Waals surface area (Å²) in [4.78, 5) is 22.0. The van der Waals surface area contributed by atoms with Gasteiger partial charge in [-0.15, -0.1) is 0 Å². The van der Waals surface area contributed by atoms with E-state index in [0.29, 0.717) is 0 Å². The maximum absolute atomic E-state index is 11.1. The Morgan fingerprint density at radius 1 is 1.50 bits per heavy atom. The van der Waals surface area contributed by atoms with Crippen molar-refractivity contribution in [3.05, 3.63) is 11.6 Å². The van der Waals surface area contributed by atoms with Crippen molar-refractivity contribution < 1.29 is 19.4 Å². The monoisotopic (exact) mass is 223 g/mol. The van der Waals surface area contributed by atoms with Gasteiger partial charge in [0.15, 0.2) is 0 Å². The van der Waals surface area contributed by atoms with Crippen LogP contribution in [0.1, 0.15) is 13.8 Å². The molecule has 0 heterocycles. The zero-order valence-corrected chi connectivity index (χ0v) is 9.35. The smallest absolute Gasteiger partial charge is 0.348 e. The summed E-state index contributed by atoms with van der Waals surface area (Å²) in [6.45, 7) is 3.58. The third-order valence-corrected chi connectivity index (χ3v) is 3.05. The van der Waals surface area contributed by atoms with Gasteiger partial charge in [-0.05, 0) is 11.3 Å². The highest BCUT2D eigenvalue weighted by atomic mass is 16.5. The molecule has 5 heteroatoms. The molecule has 0 saturated heterocycles. The lowest BCUT2D eigenvalue weighted by Crippen LogP contribution is -2.04. The van der Waals surface area contributed by atoms with E-state index in [9.17, 15) is 9.59 Å². The summed E-state index contributed by atoms with van der Waals surface area (Å²) in [5.41, 5.74) is -0.550. The predicted molar refractivity (Wildman–Crippen MR) is 54.1 cm³/mol. The van der Waals surface area contributed by atoms with E-state index in [2.05, 4.69) is 4.74 Å². The van der Waals surface area contributed by atoms with Gasteiger partial charge < -0.3 is 9.84 Å². The number of carboxylic acid groups (broad SMARTS) is 1. The highest BCUT2D eigenvalue weighted by Gasteiger charge is 2.61. The third kappa shape index (κ3) is 1.91. The van der Waals surface area contributed by atoms with Crippen molar-refractivity contribution in [3.63, 3.8) is 0 Å². The third-order valence-electron chi connectivity index (χ3n) is 3.05. The van der Waals surface area contributed by atoms with Crippen LogP contribution >= 0.6 is 0 Å². The van der Waals surface area contributed by atoms with Crippen LogP contribution in [0.15, 0.2) is 11.6 Å². The average molecular weight is 223 g/mol. The number of ether oxygens (including phenoxy) is 1. The molecular formula is C11H13NO4. The summed E-state index contributed by atoms with van der Waals surface area (Å²) in [6, 6.07) is 1.71. The number of hydrogen-bond acceptors (Lipinski definition) is 4. The van der Waals surface area contributed by atoms with Crippen LogP contribution in [0.2, 0.25) is 0 Å². The molecule has 0 amide bonds. The Balaban J connectivity index is 2.91. The Hall–Kier alpha value is -1.83. The maximum Gasteiger partial charge on any atom is 0.348 e. The molecule has 1 aliphatic carbocycles. The first kappa shape index (κ1) is 12.2. The van der Waals surface area contributed by atoms with E-state index >= 15 is 0 Å². The van der Waals surface area contributed by atoms with Gasteiger partial charge in [0.25, 0.3) is 0 Å². The number of esters is 1. The largest absolute Gasteiger partial charge is 0.481 e.